The van der Waals surface area contributed by atoms with Crippen LogP contribution in [0.5, 0.6) is 0 Å². The van der Waals surface area contributed by atoms with Gasteiger partial charge < -0.3 is 0 Å². The number of sulfonamides is 2. The molecule has 0 aliphatic carbocycles. The van der Waals surface area contributed by atoms with Gasteiger partial charge in [0, 0.05) is 19.1 Å². The third kappa shape index (κ3) is 4.24. The molecule has 2 aromatic rings. The predicted octanol–water partition coefficient (Wildman–Crippen LogP) is 3.18. The number of nitrogens with one attached hydrogen (secondary N) is 1. The van der Waals surface area contributed by atoms with Crippen molar-refractivity contribution in [1.29, 1.82) is 0 Å². The summed E-state index contributed by atoms with van der Waals surface area (Å²) in [5, 5.41) is -0.00999. The molecule has 6 nitrogen and oxygen atoms in total. The van der Waals surface area contributed by atoms with E-state index in [4.69, 9.17) is 23.2 Å². The molecule has 0 aliphatic rings. The van der Waals surface area contributed by atoms with Crippen molar-refractivity contribution in [2.75, 3.05) is 18.8 Å². The SMILES string of the molecule is CN(C)S(=O)(=O)c1ccc(Cl)c(NS(=O)(=O)c2ccc(Cl)cc2F)c1. The molecular formula is C14H13Cl2FN2O4S2. The summed E-state index contributed by atoms with van der Waals surface area (Å²) in [5.41, 5.74) is -0.195. The Morgan fingerprint density at radius 2 is 1.64 bits per heavy atom. The number of rotatable bonds is 5. The van der Waals surface area contributed by atoms with Gasteiger partial charge in [0.15, 0.2) is 0 Å². The first-order valence-electron chi connectivity index (χ1n) is 6.65. The average Bonchev–Trinajstić information content (AvgIpc) is 2.48. The first-order valence-corrected chi connectivity index (χ1v) is 10.3. The molecule has 0 aromatic heterocycles. The fraction of sp³-hybridized carbons (Fsp3) is 0.143. The van der Waals surface area contributed by atoms with Gasteiger partial charge in [0.05, 0.1) is 15.6 Å². The highest BCUT2D eigenvalue weighted by molar-refractivity contribution is 7.92. The second kappa shape index (κ2) is 7.08. The van der Waals surface area contributed by atoms with Crippen molar-refractivity contribution in [2.24, 2.45) is 0 Å². The van der Waals surface area contributed by atoms with Crippen LogP contribution in [-0.4, -0.2) is 35.2 Å². The van der Waals surface area contributed by atoms with Crippen molar-refractivity contribution < 1.29 is 21.2 Å². The largest absolute Gasteiger partial charge is 0.278 e. The van der Waals surface area contributed by atoms with E-state index >= 15 is 0 Å². The molecule has 0 atom stereocenters. The van der Waals surface area contributed by atoms with E-state index < -0.39 is 30.8 Å². The second-order valence-corrected chi connectivity index (χ2v) is 9.76. The Kier molecular flexibility index (Phi) is 5.65. The van der Waals surface area contributed by atoms with Crippen molar-refractivity contribution in [3.05, 3.63) is 52.3 Å². The van der Waals surface area contributed by atoms with Gasteiger partial charge in [-0.15, -0.1) is 0 Å². The zero-order valence-corrected chi connectivity index (χ0v) is 16.1. The van der Waals surface area contributed by atoms with Crippen LogP contribution in [0.2, 0.25) is 10.0 Å². The predicted molar refractivity (Wildman–Crippen MR) is 94.5 cm³/mol. The normalized spacial score (nSPS) is 12.4. The molecular weight excluding hydrogens is 414 g/mol. The van der Waals surface area contributed by atoms with Crippen LogP contribution in [-0.2, 0) is 20.0 Å². The Balaban J connectivity index is 2.49. The van der Waals surface area contributed by atoms with Crippen LogP contribution in [0.3, 0.4) is 0 Å². The summed E-state index contributed by atoms with van der Waals surface area (Å²) in [6.07, 6.45) is 0. The molecule has 136 valence electrons. The fourth-order valence-corrected chi connectivity index (χ4v) is 4.29. The molecule has 0 radical (unpaired) electrons. The van der Waals surface area contributed by atoms with Crippen LogP contribution in [0, 0.1) is 5.82 Å². The molecule has 0 fully saturated rings. The highest BCUT2D eigenvalue weighted by Gasteiger charge is 2.23. The third-order valence-electron chi connectivity index (χ3n) is 3.14. The van der Waals surface area contributed by atoms with E-state index in [1.165, 1.54) is 32.3 Å². The minimum atomic E-state index is -4.34. The first kappa shape index (κ1) is 19.9. The smallest absolute Gasteiger partial charge is 0.264 e. The Labute approximate surface area is 155 Å². The molecule has 0 amide bonds. The van der Waals surface area contributed by atoms with E-state index in [0.717, 1.165) is 22.5 Å². The average molecular weight is 427 g/mol. The van der Waals surface area contributed by atoms with Gasteiger partial charge in [-0.2, -0.15) is 0 Å². The summed E-state index contributed by atoms with van der Waals surface area (Å²) in [6, 6.07) is 6.59. The maximum Gasteiger partial charge on any atom is 0.264 e. The van der Waals surface area contributed by atoms with E-state index in [2.05, 4.69) is 4.72 Å². The molecule has 0 unspecified atom stereocenters. The molecule has 0 heterocycles. The van der Waals surface area contributed by atoms with E-state index in [0.29, 0.717) is 0 Å². The molecule has 0 spiro atoms. The van der Waals surface area contributed by atoms with Gasteiger partial charge in [0.25, 0.3) is 10.0 Å². The van der Waals surface area contributed by atoms with Gasteiger partial charge in [0.2, 0.25) is 10.0 Å². The van der Waals surface area contributed by atoms with Gasteiger partial charge in [-0.1, -0.05) is 23.2 Å². The molecule has 0 aliphatic heterocycles. The Bertz CT molecular complexity index is 1030. The number of hydrogen-bond donors (Lipinski definition) is 1. The van der Waals surface area contributed by atoms with Crippen molar-refractivity contribution in [2.45, 2.75) is 9.79 Å². The lowest BCUT2D eigenvalue weighted by Crippen LogP contribution is -2.22. The van der Waals surface area contributed by atoms with Crippen LogP contribution in [0.15, 0.2) is 46.2 Å². The molecule has 25 heavy (non-hydrogen) atoms. The molecule has 1 N–H and O–H groups in total. The number of halogens is 3. The van der Waals surface area contributed by atoms with Gasteiger partial charge in [-0.25, -0.2) is 25.5 Å². The highest BCUT2D eigenvalue weighted by atomic mass is 35.5. The van der Waals surface area contributed by atoms with Gasteiger partial charge in [0.1, 0.15) is 10.7 Å². The zero-order chi connectivity index (χ0) is 19.0. The zero-order valence-electron chi connectivity index (χ0n) is 13.0. The lowest BCUT2D eigenvalue weighted by atomic mass is 10.3. The second-order valence-electron chi connectivity index (χ2n) is 5.11. The van der Waals surface area contributed by atoms with Crippen LogP contribution in [0.1, 0.15) is 0 Å². The highest BCUT2D eigenvalue weighted by Crippen LogP contribution is 2.29. The molecule has 2 rings (SSSR count). The van der Waals surface area contributed by atoms with Crippen molar-refractivity contribution >= 4 is 48.9 Å². The third-order valence-corrected chi connectivity index (χ3v) is 6.92. The van der Waals surface area contributed by atoms with Crippen LogP contribution in [0.4, 0.5) is 10.1 Å². The van der Waals surface area contributed by atoms with Crippen molar-refractivity contribution in [3.63, 3.8) is 0 Å². The maximum atomic E-state index is 13.9. The molecule has 2 aromatic carbocycles. The summed E-state index contributed by atoms with van der Waals surface area (Å²) in [6.45, 7) is 0. The standard InChI is InChI=1S/C14H13Cl2FN2O4S2/c1-19(2)25(22,23)10-4-5-11(16)13(8-10)18-24(20,21)14-6-3-9(15)7-12(14)17/h3-8,18H,1-2H3. The quantitative estimate of drug-likeness (QED) is 0.795. The monoisotopic (exact) mass is 426 g/mol. The van der Waals surface area contributed by atoms with E-state index in [1.807, 2.05) is 0 Å². The van der Waals surface area contributed by atoms with E-state index in [9.17, 15) is 21.2 Å². The van der Waals surface area contributed by atoms with Crippen LogP contribution < -0.4 is 4.72 Å². The summed E-state index contributed by atoms with van der Waals surface area (Å²) in [4.78, 5) is -0.815. The Morgan fingerprint density at radius 3 is 2.20 bits per heavy atom. The van der Waals surface area contributed by atoms with Crippen molar-refractivity contribution in [1.82, 2.24) is 4.31 Å². The Morgan fingerprint density at radius 1 is 1.00 bits per heavy atom. The number of nitrogens with zero attached hydrogens (tertiary/aromatic N) is 1. The maximum absolute atomic E-state index is 13.9. The van der Waals surface area contributed by atoms with E-state index in [1.54, 1.807) is 0 Å². The minimum Gasteiger partial charge on any atom is -0.278 e. The van der Waals surface area contributed by atoms with E-state index in [-0.39, 0.29) is 20.6 Å². The topological polar surface area (TPSA) is 83.6 Å². The summed E-state index contributed by atoms with van der Waals surface area (Å²) in [5.74, 6) is -1.05. The van der Waals surface area contributed by atoms with Crippen molar-refractivity contribution in [3.8, 4) is 0 Å². The summed E-state index contributed by atoms with van der Waals surface area (Å²) in [7, 11) is -5.48. The van der Waals surface area contributed by atoms with Crippen LogP contribution >= 0.6 is 23.2 Å². The molecule has 11 heteroatoms. The lowest BCUT2D eigenvalue weighted by Gasteiger charge is -2.14. The molecule has 0 saturated carbocycles. The number of benzene rings is 2. The minimum absolute atomic E-state index is 0.0357. The lowest BCUT2D eigenvalue weighted by molar-refractivity contribution is 0.520. The molecule has 0 bridgehead atoms. The number of hydrogen-bond acceptors (Lipinski definition) is 4. The van der Waals surface area contributed by atoms with Gasteiger partial charge >= 0.3 is 0 Å². The fourth-order valence-electron chi connectivity index (χ4n) is 1.85. The van der Waals surface area contributed by atoms with Gasteiger partial charge in [-0.05, 0) is 36.4 Å². The van der Waals surface area contributed by atoms with Gasteiger partial charge in [-0.3, -0.25) is 4.72 Å². The first-order chi connectivity index (χ1) is 11.4. The summed E-state index contributed by atoms with van der Waals surface area (Å²) >= 11 is 11.5. The summed E-state index contributed by atoms with van der Waals surface area (Å²) < 4.78 is 66.0. The molecule has 0 saturated heterocycles. The van der Waals surface area contributed by atoms with Crippen LogP contribution in [0.25, 0.3) is 0 Å². The number of anilines is 1. The Hall–Kier alpha value is -1.39.